The predicted molar refractivity (Wildman–Crippen MR) is 99.7 cm³/mol. The van der Waals surface area contributed by atoms with Gasteiger partial charge in [0.05, 0.1) is 5.69 Å². The molecule has 114 valence electrons. The molecule has 2 N–H and O–H groups in total. The zero-order valence-electron chi connectivity index (χ0n) is 12.2. The van der Waals surface area contributed by atoms with E-state index in [0.717, 1.165) is 26.5 Å². The van der Waals surface area contributed by atoms with Gasteiger partial charge in [0.1, 0.15) is 0 Å². The van der Waals surface area contributed by atoms with Gasteiger partial charge in [0.15, 0.2) is 5.84 Å². The van der Waals surface area contributed by atoms with E-state index in [1.807, 2.05) is 55.5 Å². The lowest BCUT2D eigenvalue weighted by Gasteiger charge is -2.21. The first-order chi connectivity index (χ1) is 10.7. The van der Waals surface area contributed by atoms with Crippen molar-refractivity contribution in [3.05, 3.63) is 58.6 Å². The van der Waals surface area contributed by atoms with Gasteiger partial charge in [-0.1, -0.05) is 28.1 Å². The highest BCUT2D eigenvalue weighted by atomic mass is 79.9. The molecule has 0 fully saturated rings. The molecule has 0 radical (unpaired) electrons. The largest absolute Gasteiger partial charge is 0.274 e. The summed E-state index contributed by atoms with van der Waals surface area (Å²) in [5, 5.41) is 11.4. The molecule has 0 aliphatic heterocycles. The van der Waals surface area contributed by atoms with Crippen molar-refractivity contribution in [2.75, 3.05) is 11.6 Å². The fourth-order valence-electron chi connectivity index (χ4n) is 1.97. The van der Waals surface area contributed by atoms with Crippen LogP contribution >= 0.6 is 27.9 Å². The highest BCUT2D eigenvalue weighted by molar-refractivity contribution is 9.10. The number of anilines is 1. The highest BCUT2D eigenvalue weighted by Crippen LogP contribution is 2.22. The Morgan fingerprint density at radius 2 is 1.82 bits per heavy atom. The molecule has 0 aliphatic rings. The first-order valence-corrected chi connectivity index (χ1v) is 8.40. The Morgan fingerprint density at radius 1 is 1.18 bits per heavy atom. The van der Waals surface area contributed by atoms with Gasteiger partial charge in [-0.25, -0.2) is 5.01 Å². The van der Waals surface area contributed by atoms with E-state index in [1.165, 1.54) is 11.9 Å². The van der Waals surface area contributed by atoms with Crippen LogP contribution in [0.15, 0.2) is 68.0 Å². The van der Waals surface area contributed by atoms with Gasteiger partial charge >= 0.3 is 0 Å². The fourth-order valence-corrected chi connectivity index (χ4v) is 2.52. The number of aliphatic imine (C=N–C) groups is 1. The summed E-state index contributed by atoms with van der Waals surface area (Å²) in [5.74, 6) is 0.762. The molecular formula is C16H17BrN4S. The first kappa shape index (κ1) is 16.7. The third kappa shape index (κ3) is 3.97. The Hall–Kier alpha value is -1.63. The summed E-state index contributed by atoms with van der Waals surface area (Å²) < 4.78 is 1.02. The molecule has 2 aromatic carbocycles. The van der Waals surface area contributed by atoms with Crippen molar-refractivity contribution in [2.24, 2.45) is 15.2 Å². The maximum absolute atomic E-state index is 5.56. The van der Waals surface area contributed by atoms with Crippen molar-refractivity contribution >= 4 is 46.1 Å². The van der Waals surface area contributed by atoms with Crippen LogP contribution in [-0.4, -0.2) is 19.1 Å². The molecule has 0 unspecified atom stereocenters. The molecule has 4 nitrogen and oxygen atoms in total. The van der Waals surface area contributed by atoms with E-state index >= 15 is 0 Å². The zero-order valence-corrected chi connectivity index (χ0v) is 14.6. The topological polar surface area (TPSA) is 54.0 Å². The van der Waals surface area contributed by atoms with E-state index in [0.29, 0.717) is 6.54 Å². The van der Waals surface area contributed by atoms with Crippen molar-refractivity contribution in [2.45, 2.75) is 11.8 Å². The summed E-state index contributed by atoms with van der Waals surface area (Å²) in [6.07, 6.45) is 0. The quantitative estimate of drug-likeness (QED) is 0.366. The van der Waals surface area contributed by atoms with Crippen LogP contribution in [0.5, 0.6) is 0 Å². The van der Waals surface area contributed by atoms with Crippen LogP contribution in [0.3, 0.4) is 0 Å². The highest BCUT2D eigenvalue weighted by Gasteiger charge is 2.14. The lowest BCUT2D eigenvalue weighted by atomic mass is 10.2. The number of halogens is 1. The van der Waals surface area contributed by atoms with Gasteiger partial charge in [0.2, 0.25) is 0 Å². The molecule has 0 amide bonds. The number of hydrogen-bond acceptors (Lipinski definition) is 4. The van der Waals surface area contributed by atoms with E-state index in [4.69, 9.17) is 5.14 Å². The van der Waals surface area contributed by atoms with Gasteiger partial charge in [0.25, 0.3) is 0 Å². The second kappa shape index (κ2) is 8.12. The Labute approximate surface area is 143 Å². The first-order valence-electron chi connectivity index (χ1n) is 6.73. The van der Waals surface area contributed by atoms with Crippen molar-refractivity contribution in [1.82, 2.24) is 0 Å². The van der Waals surface area contributed by atoms with Crippen LogP contribution in [0, 0.1) is 0 Å². The minimum absolute atomic E-state index is 0.661. The van der Waals surface area contributed by atoms with Crippen LogP contribution in [0.2, 0.25) is 0 Å². The summed E-state index contributed by atoms with van der Waals surface area (Å²) in [4.78, 5) is 5.57. The Bertz CT molecular complexity index is 653. The average Bonchev–Trinajstić information content (AvgIpc) is 2.56. The van der Waals surface area contributed by atoms with Crippen LogP contribution in [0.4, 0.5) is 5.69 Å². The third-order valence-corrected chi connectivity index (χ3v) is 4.04. The molecule has 6 heteroatoms. The van der Waals surface area contributed by atoms with Gasteiger partial charge in [-0.15, -0.1) is 0 Å². The number of hydrazone groups is 1. The summed E-state index contributed by atoms with van der Waals surface area (Å²) in [7, 11) is 0. The SMILES string of the molecule is C=NN(C(=NCC)c1ccc(Br)cc1)c1ccc(SN)cc1. The van der Waals surface area contributed by atoms with Gasteiger partial charge in [0, 0.05) is 28.2 Å². The number of benzene rings is 2. The summed E-state index contributed by atoms with van der Waals surface area (Å²) in [6.45, 7) is 6.34. The Kier molecular flexibility index (Phi) is 6.18. The van der Waals surface area contributed by atoms with Crippen molar-refractivity contribution < 1.29 is 0 Å². The molecule has 0 saturated carbocycles. The molecule has 22 heavy (non-hydrogen) atoms. The monoisotopic (exact) mass is 376 g/mol. The minimum atomic E-state index is 0.661. The summed E-state index contributed by atoms with van der Waals surface area (Å²) in [6, 6.07) is 15.8. The Balaban J connectivity index is 2.41. The van der Waals surface area contributed by atoms with Gasteiger partial charge in [-0.2, -0.15) is 5.10 Å². The number of amidine groups is 1. The smallest absolute Gasteiger partial charge is 0.156 e. The van der Waals surface area contributed by atoms with Gasteiger partial charge in [-0.05, 0) is 55.3 Å². The standard InChI is InChI=1S/C16H17BrN4S/c1-3-20-16(12-4-6-13(17)7-5-12)21(19-2)14-8-10-15(22-18)11-9-14/h4-11H,2-3,18H2,1H3. The van der Waals surface area contributed by atoms with Gasteiger partial charge in [-0.3, -0.25) is 10.1 Å². The molecule has 0 spiro atoms. The van der Waals surface area contributed by atoms with E-state index in [9.17, 15) is 0 Å². The van der Waals surface area contributed by atoms with E-state index in [-0.39, 0.29) is 0 Å². The van der Waals surface area contributed by atoms with Gasteiger partial charge < -0.3 is 0 Å². The lowest BCUT2D eigenvalue weighted by Crippen LogP contribution is -2.26. The number of nitrogens with two attached hydrogens (primary N) is 1. The molecule has 0 atom stereocenters. The van der Waals surface area contributed by atoms with Crippen LogP contribution in [-0.2, 0) is 0 Å². The molecule has 0 saturated heterocycles. The predicted octanol–water partition coefficient (Wildman–Crippen LogP) is 4.30. The van der Waals surface area contributed by atoms with E-state index in [1.54, 1.807) is 5.01 Å². The second-order valence-corrected chi connectivity index (χ2v) is 5.99. The van der Waals surface area contributed by atoms with E-state index < -0.39 is 0 Å². The molecule has 0 aromatic heterocycles. The maximum atomic E-state index is 5.56. The molecule has 0 aliphatic carbocycles. The Morgan fingerprint density at radius 3 is 2.32 bits per heavy atom. The number of rotatable bonds is 5. The fraction of sp³-hybridized carbons (Fsp3) is 0.125. The molecule has 2 aromatic rings. The molecule has 0 heterocycles. The van der Waals surface area contributed by atoms with Crippen molar-refractivity contribution in [3.8, 4) is 0 Å². The molecular weight excluding hydrogens is 360 g/mol. The number of nitrogens with zero attached hydrogens (tertiary/aromatic N) is 3. The van der Waals surface area contributed by atoms with Crippen molar-refractivity contribution in [1.29, 1.82) is 0 Å². The zero-order chi connectivity index (χ0) is 15.9. The average molecular weight is 377 g/mol. The summed E-state index contributed by atoms with van der Waals surface area (Å²) in [5.41, 5.74) is 1.87. The van der Waals surface area contributed by atoms with Crippen LogP contribution in [0.1, 0.15) is 12.5 Å². The lowest BCUT2D eigenvalue weighted by molar-refractivity contribution is 1.06. The van der Waals surface area contributed by atoms with Crippen molar-refractivity contribution in [3.63, 3.8) is 0 Å². The maximum Gasteiger partial charge on any atom is 0.156 e. The third-order valence-electron chi connectivity index (χ3n) is 2.97. The number of hydrogen-bond donors (Lipinski definition) is 1. The summed E-state index contributed by atoms with van der Waals surface area (Å²) >= 11 is 4.66. The normalized spacial score (nSPS) is 11.3. The molecule has 0 bridgehead atoms. The molecule has 2 rings (SSSR count). The second-order valence-electron chi connectivity index (χ2n) is 4.37. The minimum Gasteiger partial charge on any atom is -0.274 e. The van der Waals surface area contributed by atoms with Crippen LogP contribution < -0.4 is 10.1 Å². The van der Waals surface area contributed by atoms with E-state index in [2.05, 4.69) is 32.7 Å². The van der Waals surface area contributed by atoms with Crippen LogP contribution in [0.25, 0.3) is 0 Å².